The van der Waals surface area contributed by atoms with E-state index in [9.17, 15) is 0 Å². The summed E-state index contributed by atoms with van der Waals surface area (Å²) in [4.78, 5) is 0. The van der Waals surface area contributed by atoms with Crippen LogP contribution < -0.4 is 11.1 Å². The Morgan fingerprint density at radius 2 is 1.62 bits per heavy atom. The van der Waals surface area contributed by atoms with Crippen molar-refractivity contribution in [2.75, 3.05) is 0 Å². The second-order valence-electron chi connectivity index (χ2n) is 5.05. The topological polar surface area (TPSA) is 38.0 Å². The number of nitrogens with one attached hydrogen (secondary N) is 1. The normalized spacial score (nSPS) is 45.7. The standard InChI is InChI=1S/C11H22N2/c1-8-6-11(7-8)13-10-4-2-9(12)3-5-10/h8-11,13H,2-7,12H2,1H3. The molecule has 0 heterocycles. The Bertz CT molecular complexity index is 155. The maximum atomic E-state index is 5.87. The van der Waals surface area contributed by atoms with Crippen molar-refractivity contribution in [3.05, 3.63) is 0 Å². The summed E-state index contributed by atoms with van der Waals surface area (Å²) in [6.45, 7) is 2.34. The van der Waals surface area contributed by atoms with Gasteiger partial charge in [0.05, 0.1) is 0 Å². The van der Waals surface area contributed by atoms with Crippen molar-refractivity contribution in [1.29, 1.82) is 0 Å². The molecule has 0 atom stereocenters. The molecule has 0 aromatic rings. The van der Waals surface area contributed by atoms with E-state index in [0.29, 0.717) is 6.04 Å². The van der Waals surface area contributed by atoms with Crippen molar-refractivity contribution in [1.82, 2.24) is 5.32 Å². The molecule has 2 rings (SSSR count). The van der Waals surface area contributed by atoms with E-state index in [1.54, 1.807) is 0 Å². The molecular formula is C11H22N2. The SMILES string of the molecule is CC1CC(NC2CCC(N)CC2)C1. The van der Waals surface area contributed by atoms with Crippen LogP contribution in [0.3, 0.4) is 0 Å². The first-order valence-corrected chi connectivity index (χ1v) is 5.75. The predicted octanol–water partition coefficient (Wildman–Crippen LogP) is 1.64. The molecule has 2 fully saturated rings. The first-order valence-electron chi connectivity index (χ1n) is 5.75. The van der Waals surface area contributed by atoms with Gasteiger partial charge in [-0.3, -0.25) is 0 Å². The second kappa shape index (κ2) is 3.97. The zero-order chi connectivity index (χ0) is 9.26. The summed E-state index contributed by atoms with van der Waals surface area (Å²) in [6.07, 6.45) is 7.82. The highest BCUT2D eigenvalue weighted by Gasteiger charge is 2.28. The maximum absolute atomic E-state index is 5.87. The molecular weight excluding hydrogens is 160 g/mol. The minimum absolute atomic E-state index is 0.485. The summed E-state index contributed by atoms with van der Waals surface area (Å²) in [5.41, 5.74) is 5.87. The molecule has 0 spiro atoms. The monoisotopic (exact) mass is 182 g/mol. The average molecular weight is 182 g/mol. The molecule has 13 heavy (non-hydrogen) atoms. The van der Waals surface area contributed by atoms with E-state index in [4.69, 9.17) is 5.73 Å². The van der Waals surface area contributed by atoms with E-state index >= 15 is 0 Å². The van der Waals surface area contributed by atoms with Gasteiger partial charge < -0.3 is 11.1 Å². The van der Waals surface area contributed by atoms with Crippen LogP contribution >= 0.6 is 0 Å². The zero-order valence-electron chi connectivity index (χ0n) is 8.63. The number of nitrogens with two attached hydrogens (primary N) is 1. The minimum Gasteiger partial charge on any atom is -0.328 e. The summed E-state index contributed by atoms with van der Waals surface area (Å²) in [6, 6.07) is 2.09. The van der Waals surface area contributed by atoms with E-state index in [2.05, 4.69) is 12.2 Å². The molecule has 0 saturated heterocycles. The van der Waals surface area contributed by atoms with Gasteiger partial charge in [-0.25, -0.2) is 0 Å². The molecule has 2 heteroatoms. The smallest absolute Gasteiger partial charge is 0.00747 e. The van der Waals surface area contributed by atoms with Gasteiger partial charge in [0.15, 0.2) is 0 Å². The Balaban J connectivity index is 1.65. The maximum Gasteiger partial charge on any atom is 0.00747 e. The Morgan fingerprint density at radius 3 is 2.15 bits per heavy atom. The van der Waals surface area contributed by atoms with Crippen molar-refractivity contribution >= 4 is 0 Å². The van der Waals surface area contributed by atoms with Crippen molar-refractivity contribution in [3.63, 3.8) is 0 Å². The quantitative estimate of drug-likeness (QED) is 0.681. The molecule has 0 aromatic carbocycles. The van der Waals surface area contributed by atoms with Crippen LogP contribution in [-0.2, 0) is 0 Å². The van der Waals surface area contributed by atoms with E-state index < -0.39 is 0 Å². The number of rotatable bonds is 2. The van der Waals surface area contributed by atoms with Gasteiger partial charge in [-0.05, 0) is 44.4 Å². The largest absolute Gasteiger partial charge is 0.328 e. The Morgan fingerprint density at radius 1 is 1.00 bits per heavy atom. The third-order valence-electron chi connectivity index (χ3n) is 3.62. The van der Waals surface area contributed by atoms with Crippen molar-refractivity contribution in [3.8, 4) is 0 Å². The lowest BCUT2D eigenvalue weighted by Crippen LogP contribution is -2.47. The van der Waals surface area contributed by atoms with E-state index in [1.165, 1.54) is 38.5 Å². The zero-order valence-corrected chi connectivity index (χ0v) is 8.63. The Hall–Kier alpha value is -0.0800. The van der Waals surface area contributed by atoms with Gasteiger partial charge in [-0.15, -0.1) is 0 Å². The van der Waals surface area contributed by atoms with Gasteiger partial charge >= 0.3 is 0 Å². The highest BCUT2D eigenvalue weighted by molar-refractivity contribution is 4.87. The average Bonchev–Trinajstić information content (AvgIpc) is 2.06. The fourth-order valence-electron chi connectivity index (χ4n) is 2.66. The molecule has 76 valence electrons. The summed E-state index contributed by atoms with van der Waals surface area (Å²) in [5, 5.41) is 3.75. The summed E-state index contributed by atoms with van der Waals surface area (Å²) < 4.78 is 0. The van der Waals surface area contributed by atoms with Crippen LogP contribution in [0, 0.1) is 5.92 Å². The van der Waals surface area contributed by atoms with Crippen LogP contribution in [0.15, 0.2) is 0 Å². The molecule has 2 aliphatic carbocycles. The van der Waals surface area contributed by atoms with Gasteiger partial charge in [0.25, 0.3) is 0 Å². The molecule has 0 unspecified atom stereocenters. The lowest BCUT2D eigenvalue weighted by Gasteiger charge is -2.38. The summed E-state index contributed by atoms with van der Waals surface area (Å²) in [7, 11) is 0. The highest BCUT2D eigenvalue weighted by Crippen LogP contribution is 2.28. The minimum atomic E-state index is 0.485. The Labute approximate surface area is 81.3 Å². The van der Waals surface area contributed by atoms with Gasteiger partial charge in [0, 0.05) is 18.1 Å². The molecule has 3 N–H and O–H groups in total. The van der Waals surface area contributed by atoms with Gasteiger partial charge in [-0.1, -0.05) is 6.92 Å². The predicted molar refractivity (Wildman–Crippen MR) is 55.6 cm³/mol. The van der Waals surface area contributed by atoms with Crippen molar-refractivity contribution < 1.29 is 0 Å². The fourth-order valence-corrected chi connectivity index (χ4v) is 2.66. The first kappa shape index (κ1) is 9.47. The van der Waals surface area contributed by atoms with Gasteiger partial charge in [0.1, 0.15) is 0 Å². The van der Waals surface area contributed by atoms with Crippen molar-refractivity contribution in [2.45, 2.75) is 63.6 Å². The van der Waals surface area contributed by atoms with E-state index in [1.807, 2.05) is 0 Å². The van der Waals surface area contributed by atoms with Crippen LogP contribution in [0.4, 0.5) is 0 Å². The van der Waals surface area contributed by atoms with Crippen LogP contribution in [0.2, 0.25) is 0 Å². The van der Waals surface area contributed by atoms with Crippen LogP contribution in [0.25, 0.3) is 0 Å². The molecule has 0 aromatic heterocycles. The third-order valence-corrected chi connectivity index (χ3v) is 3.62. The van der Waals surface area contributed by atoms with E-state index in [0.717, 1.165) is 18.0 Å². The fraction of sp³-hybridized carbons (Fsp3) is 1.00. The van der Waals surface area contributed by atoms with Crippen LogP contribution in [0.5, 0.6) is 0 Å². The molecule has 2 nitrogen and oxygen atoms in total. The second-order valence-corrected chi connectivity index (χ2v) is 5.05. The van der Waals surface area contributed by atoms with Crippen molar-refractivity contribution in [2.24, 2.45) is 11.7 Å². The first-order chi connectivity index (χ1) is 6.24. The highest BCUT2D eigenvalue weighted by atomic mass is 15.0. The lowest BCUT2D eigenvalue weighted by molar-refractivity contribution is 0.200. The van der Waals surface area contributed by atoms with E-state index in [-0.39, 0.29) is 0 Å². The summed E-state index contributed by atoms with van der Waals surface area (Å²) in [5.74, 6) is 0.961. The number of hydrogen-bond donors (Lipinski definition) is 2. The molecule has 2 aliphatic rings. The molecule has 0 bridgehead atoms. The lowest BCUT2D eigenvalue weighted by atomic mass is 9.80. The molecule has 2 saturated carbocycles. The molecule has 0 radical (unpaired) electrons. The Kier molecular flexibility index (Phi) is 2.89. The van der Waals surface area contributed by atoms with Crippen LogP contribution in [-0.4, -0.2) is 18.1 Å². The number of hydrogen-bond acceptors (Lipinski definition) is 2. The van der Waals surface area contributed by atoms with Gasteiger partial charge in [-0.2, -0.15) is 0 Å². The molecule has 0 aliphatic heterocycles. The third kappa shape index (κ3) is 2.44. The molecule has 0 amide bonds. The van der Waals surface area contributed by atoms with Crippen LogP contribution in [0.1, 0.15) is 45.4 Å². The summed E-state index contributed by atoms with van der Waals surface area (Å²) >= 11 is 0. The van der Waals surface area contributed by atoms with Gasteiger partial charge in [0.2, 0.25) is 0 Å².